The molecule has 116 valence electrons. The van der Waals surface area contributed by atoms with E-state index in [1.54, 1.807) is 0 Å². The van der Waals surface area contributed by atoms with Crippen molar-refractivity contribution in [2.24, 2.45) is 11.8 Å². The van der Waals surface area contributed by atoms with Gasteiger partial charge in [-0.25, -0.2) is 0 Å². The number of nitrogens with one attached hydrogen (secondary N) is 1. The van der Waals surface area contributed by atoms with Crippen molar-refractivity contribution in [2.45, 2.75) is 71.3 Å². The van der Waals surface area contributed by atoms with Crippen LogP contribution in [0.2, 0.25) is 0 Å². The third kappa shape index (κ3) is 4.47. The van der Waals surface area contributed by atoms with Crippen molar-refractivity contribution < 1.29 is 4.79 Å². The zero-order valence-corrected chi connectivity index (χ0v) is 13.4. The van der Waals surface area contributed by atoms with E-state index in [1.807, 2.05) is 0 Å². The average molecular weight is 280 g/mol. The molecule has 0 bridgehead atoms. The average Bonchev–Trinajstić information content (AvgIpc) is 2.48. The molecule has 3 nitrogen and oxygen atoms in total. The Morgan fingerprint density at radius 1 is 1.15 bits per heavy atom. The van der Waals surface area contributed by atoms with Crippen molar-refractivity contribution in [3.8, 4) is 0 Å². The minimum absolute atomic E-state index is 0.307. The number of amides is 1. The van der Waals surface area contributed by atoms with Crippen LogP contribution in [0.3, 0.4) is 0 Å². The quantitative estimate of drug-likeness (QED) is 0.839. The van der Waals surface area contributed by atoms with Gasteiger partial charge in [0.05, 0.1) is 0 Å². The highest BCUT2D eigenvalue weighted by Gasteiger charge is 2.29. The van der Waals surface area contributed by atoms with Gasteiger partial charge >= 0.3 is 0 Å². The first kappa shape index (κ1) is 15.8. The van der Waals surface area contributed by atoms with Crippen molar-refractivity contribution in [2.75, 3.05) is 19.6 Å². The van der Waals surface area contributed by atoms with E-state index in [0.717, 1.165) is 44.8 Å². The molecule has 1 heterocycles. The van der Waals surface area contributed by atoms with Crippen molar-refractivity contribution in [3.05, 3.63) is 0 Å². The molecule has 0 aromatic heterocycles. The first-order valence-corrected chi connectivity index (χ1v) is 8.73. The highest BCUT2D eigenvalue weighted by Crippen LogP contribution is 2.29. The van der Waals surface area contributed by atoms with Crippen LogP contribution in [-0.4, -0.2) is 36.5 Å². The summed E-state index contributed by atoms with van der Waals surface area (Å²) in [5, 5.41) is 3.58. The Morgan fingerprint density at radius 2 is 1.90 bits per heavy atom. The lowest BCUT2D eigenvalue weighted by atomic mass is 9.82. The monoisotopic (exact) mass is 280 g/mol. The summed E-state index contributed by atoms with van der Waals surface area (Å²) in [5.41, 5.74) is 0. The maximum absolute atomic E-state index is 12.8. The Bertz CT molecular complexity index is 291. The molecular weight excluding hydrogens is 248 g/mol. The van der Waals surface area contributed by atoms with Gasteiger partial charge in [0.25, 0.3) is 0 Å². The lowest BCUT2D eigenvalue weighted by molar-refractivity contribution is -0.137. The SMILES string of the molecule is CCCN(CC1CCCCN1)C(=O)C1CCC(C)CC1. The molecule has 20 heavy (non-hydrogen) atoms. The highest BCUT2D eigenvalue weighted by molar-refractivity contribution is 5.79. The minimum Gasteiger partial charge on any atom is -0.341 e. The van der Waals surface area contributed by atoms with Crippen LogP contribution >= 0.6 is 0 Å². The Labute approximate surface area is 124 Å². The van der Waals surface area contributed by atoms with Crippen molar-refractivity contribution >= 4 is 5.91 Å². The number of carbonyl (C=O) groups is 1. The highest BCUT2D eigenvalue weighted by atomic mass is 16.2. The van der Waals surface area contributed by atoms with Gasteiger partial charge in [-0.2, -0.15) is 0 Å². The fourth-order valence-corrected chi connectivity index (χ4v) is 3.67. The van der Waals surface area contributed by atoms with E-state index >= 15 is 0 Å². The molecule has 1 amide bonds. The zero-order chi connectivity index (χ0) is 14.4. The molecule has 0 aromatic carbocycles. The van der Waals surface area contributed by atoms with Gasteiger partial charge in [0, 0.05) is 25.0 Å². The van der Waals surface area contributed by atoms with Crippen LogP contribution in [0, 0.1) is 11.8 Å². The van der Waals surface area contributed by atoms with Crippen LogP contribution in [-0.2, 0) is 4.79 Å². The Hall–Kier alpha value is -0.570. The number of hydrogen-bond acceptors (Lipinski definition) is 2. The largest absolute Gasteiger partial charge is 0.341 e. The van der Waals surface area contributed by atoms with Crippen LogP contribution in [0.15, 0.2) is 0 Å². The summed E-state index contributed by atoms with van der Waals surface area (Å²) in [4.78, 5) is 14.9. The maximum Gasteiger partial charge on any atom is 0.225 e. The van der Waals surface area contributed by atoms with Crippen LogP contribution in [0.5, 0.6) is 0 Å². The summed E-state index contributed by atoms with van der Waals surface area (Å²) in [5.74, 6) is 1.56. The van der Waals surface area contributed by atoms with Gasteiger partial charge < -0.3 is 10.2 Å². The molecule has 1 saturated heterocycles. The third-order valence-electron chi connectivity index (χ3n) is 5.02. The number of piperidine rings is 1. The molecule has 1 atom stereocenters. The van der Waals surface area contributed by atoms with Crippen LogP contribution < -0.4 is 5.32 Å². The predicted molar refractivity (Wildman–Crippen MR) is 83.6 cm³/mol. The number of rotatable bonds is 5. The summed E-state index contributed by atoms with van der Waals surface area (Å²) < 4.78 is 0. The van der Waals surface area contributed by atoms with E-state index in [2.05, 4.69) is 24.1 Å². The van der Waals surface area contributed by atoms with E-state index in [4.69, 9.17) is 0 Å². The van der Waals surface area contributed by atoms with Crippen molar-refractivity contribution in [1.82, 2.24) is 10.2 Å². The molecule has 1 N–H and O–H groups in total. The lowest BCUT2D eigenvalue weighted by Gasteiger charge is -2.34. The molecule has 0 radical (unpaired) electrons. The summed E-state index contributed by atoms with van der Waals surface area (Å²) in [6.45, 7) is 7.48. The molecule has 2 aliphatic rings. The summed E-state index contributed by atoms with van der Waals surface area (Å²) in [7, 11) is 0. The molecule has 0 spiro atoms. The van der Waals surface area contributed by atoms with Gasteiger partial charge in [-0.05, 0) is 57.4 Å². The van der Waals surface area contributed by atoms with Gasteiger partial charge in [0.15, 0.2) is 0 Å². The van der Waals surface area contributed by atoms with E-state index in [-0.39, 0.29) is 0 Å². The lowest BCUT2D eigenvalue weighted by Crippen LogP contribution is -2.48. The Kier molecular flexibility index (Phi) is 6.34. The third-order valence-corrected chi connectivity index (χ3v) is 5.02. The van der Waals surface area contributed by atoms with E-state index in [9.17, 15) is 4.79 Å². The fraction of sp³-hybridized carbons (Fsp3) is 0.941. The number of nitrogens with zero attached hydrogens (tertiary/aromatic N) is 1. The van der Waals surface area contributed by atoms with Crippen LogP contribution in [0.1, 0.15) is 65.2 Å². The first-order chi connectivity index (χ1) is 9.70. The summed E-state index contributed by atoms with van der Waals surface area (Å²) in [6, 6.07) is 0.529. The standard InChI is InChI=1S/C17H32N2O/c1-3-12-19(13-16-6-4-5-11-18-16)17(20)15-9-7-14(2)8-10-15/h14-16,18H,3-13H2,1-2H3. The van der Waals surface area contributed by atoms with Crippen molar-refractivity contribution in [3.63, 3.8) is 0 Å². The topological polar surface area (TPSA) is 32.3 Å². The fourth-order valence-electron chi connectivity index (χ4n) is 3.67. The second kappa shape index (κ2) is 8.02. The second-order valence-electron chi connectivity index (χ2n) is 6.89. The van der Waals surface area contributed by atoms with Crippen LogP contribution in [0.25, 0.3) is 0 Å². The van der Waals surface area contributed by atoms with Gasteiger partial charge in [0.2, 0.25) is 5.91 Å². The number of carbonyl (C=O) groups excluding carboxylic acids is 1. The molecule has 1 aliphatic heterocycles. The molecule has 2 rings (SSSR count). The molecule has 0 aromatic rings. The normalized spacial score (nSPS) is 31.0. The van der Waals surface area contributed by atoms with Gasteiger partial charge in [-0.3, -0.25) is 4.79 Å². The minimum atomic E-state index is 0.307. The van der Waals surface area contributed by atoms with Gasteiger partial charge in [-0.1, -0.05) is 20.3 Å². The summed E-state index contributed by atoms with van der Waals surface area (Å²) >= 11 is 0. The zero-order valence-electron chi connectivity index (χ0n) is 13.4. The second-order valence-corrected chi connectivity index (χ2v) is 6.89. The molecular formula is C17H32N2O. The molecule has 1 saturated carbocycles. The number of hydrogen-bond donors (Lipinski definition) is 1. The maximum atomic E-state index is 12.8. The molecule has 1 aliphatic carbocycles. The predicted octanol–water partition coefficient (Wildman–Crippen LogP) is 3.19. The molecule has 3 heteroatoms. The van der Waals surface area contributed by atoms with E-state index < -0.39 is 0 Å². The Balaban J connectivity index is 1.87. The molecule has 1 unspecified atom stereocenters. The van der Waals surface area contributed by atoms with E-state index in [1.165, 1.54) is 32.1 Å². The van der Waals surface area contributed by atoms with E-state index in [0.29, 0.717) is 17.9 Å². The van der Waals surface area contributed by atoms with Crippen molar-refractivity contribution in [1.29, 1.82) is 0 Å². The smallest absolute Gasteiger partial charge is 0.225 e. The summed E-state index contributed by atoms with van der Waals surface area (Å²) in [6.07, 6.45) is 9.59. The van der Waals surface area contributed by atoms with Gasteiger partial charge in [0.1, 0.15) is 0 Å². The van der Waals surface area contributed by atoms with Crippen LogP contribution in [0.4, 0.5) is 0 Å². The Morgan fingerprint density at radius 3 is 2.50 bits per heavy atom. The molecule has 2 fully saturated rings. The first-order valence-electron chi connectivity index (χ1n) is 8.73. The van der Waals surface area contributed by atoms with Gasteiger partial charge in [-0.15, -0.1) is 0 Å².